The number of fused-ring (bicyclic) bond motifs is 1. The Bertz CT molecular complexity index is 1110. The van der Waals surface area contributed by atoms with Gasteiger partial charge in [0, 0.05) is 17.0 Å². The molecule has 0 bridgehead atoms. The van der Waals surface area contributed by atoms with E-state index in [0.29, 0.717) is 22.8 Å². The number of carbonyl (C=O) groups excluding carboxylic acids is 2. The third-order valence-electron chi connectivity index (χ3n) is 5.50. The molecule has 1 aliphatic heterocycles. The van der Waals surface area contributed by atoms with E-state index in [9.17, 15) is 9.59 Å². The van der Waals surface area contributed by atoms with Crippen LogP contribution in [0.1, 0.15) is 52.2 Å². The van der Waals surface area contributed by atoms with Gasteiger partial charge in [-0.3, -0.25) is 9.59 Å². The Hall–Kier alpha value is -2.63. The third kappa shape index (κ3) is 4.25. The number of nitrogens with zero attached hydrogens (tertiary/aromatic N) is 1. The zero-order valence-corrected chi connectivity index (χ0v) is 19.3. The fourth-order valence-corrected chi connectivity index (χ4v) is 5.33. The number of halogens is 1. The van der Waals surface area contributed by atoms with Crippen molar-refractivity contribution in [3.05, 3.63) is 86.6 Å². The summed E-state index contributed by atoms with van der Waals surface area (Å²) in [4.78, 5) is 30.0. The van der Waals surface area contributed by atoms with Crippen LogP contribution in [-0.4, -0.2) is 23.3 Å². The van der Waals surface area contributed by atoms with Crippen molar-refractivity contribution in [1.82, 2.24) is 4.90 Å². The van der Waals surface area contributed by atoms with Crippen LogP contribution in [0.4, 0.5) is 5.69 Å². The van der Waals surface area contributed by atoms with Gasteiger partial charge in [0.2, 0.25) is 5.91 Å². The van der Waals surface area contributed by atoms with Gasteiger partial charge in [-0.2, -0.15) is 0 Å². The van der Waals surface area contributed by atoms with Crippen LogP contribution in [0.5, 0.6) is 0 Å². The number of anilines is 1. The lowest BCUT2D eigenvalue weighted by Gasteiger charge is -2.42. The molecule has 0 fully saturated rings. The quantitative estimate of drug-likeness (QED) is 0.494. The number of aryl methyl sites for hydroxylation is 1. The molecule has 2 amide bonds. The Morgan fingerprint density at radius 3 is 2.61 bits per heavy atom. The van der Waals surface area contributed by atoms with Crippen molar-refractivity contribution in [3.8, 4) is 0 Å². The maximum absolute atomic E-state index is 13.7. The second-order valence-electron chi connectivity index (χ2n) is 8.35. The second kappa shape index (κ2) is 8.85. The van der Waals surface area contributed by atoms with Gasteiger partial charge in [-0.15, -0.1) is 11.3 Å². The van der Waals surface area contributed by atoms with Gasteiger partial charge in [0.25, 0.3) is 5.91 Å². The molecule has 2 atom stereocenters. The van der Waals surface area contributed by atoms with Crippen LogP contribution in [0.2, 0.25) is 5.02 Å². The van der Waals surface area contributed by atoms with Gasteiger partial charge in [-0.25, -0.2) is 0 Å². The van der Waals surface area contributed by atoms with E-state index < -0.39 is 5.92 Å². The van der Waals surface area contributed by atoms with E-state index in [1.54, 1.807) is 11.3 Å². The SMILES string of the molecule is Cc1ccc(NC(=O)[C@H]2c3ccccc3C(=O)N(CC(C)C)[C@H]2c2cccs2)c(Cl)c1. The predicted octanol–water partition coefficient (Wildman–Crippen LogP) is 6.29. The van der Waals surface area contributed by atoms with E-state index in [1.807, 2.05) is 71.8 Å². The lowest BCUT2D eigenvalue weighted by molar-refractivity contribution is -0.119. The zero-order chi connectivity index (χ0) is 22.1. The average molecular weight is 453 g/mol. The largest absolute Gasteiger partial charge is 0.329 e. The molecule has 0 saturated heterocycles. The van der Waals surface area contributed by atoms with E-state index in [-0.39, 0.29) is 23.8 Å². The molecule has 1 aromatic heterocycles. The minimum Gasteiger partial charge on any atom is -0.329 e. The summed E-state index contributed by atoms with van der Waals surface area (Å²) >= 11 is 7.96. The summed E-state index contributed by atoms with van der Waals surface area (Å²) < 4.78 is 0. The average Bonchev–Trinajstić information content (AvgIpc) is 3.26. The monoisotopic (exact) mass is 452 g/mol. The first kappa shape index (κ1) is 21.6. The molecule has 2 heterocycles. The van der Waals surface area contributed by atoms with Crippen LogP contribution in [-0.2, 0) is 4.79 Å². The second-order valence-corrected chi connectivity index (χ2v) is 9.74. The first-order chi connectivity index (χ1) is 14.9. The van der Waals surface area contributed by atoms with Crippen LogP contribution in [0.25, 0.3) is 0 Å². The first-order valence-corrected chi connectivity index (χ1v) is 11.6. The van der Waals surface area contributed by atoms with Gasteiger partial charge in [0.05, 0.1) is 22.7 Å². The van der Waals surface area contributed by atoms with Crippen LogP contribution < -0.4 is 5.32 Å². The molecule has 3 aromatic rings. The van der Waals surface area contributed by atoms with E-state index in [2.05, 4.69) is 19.2 Å². The highest BCUT2D eigenvalue weighted by atomic mass is 35.5. The molecule has 0 aliphatic carbocycles. The molecule has 31 heavy (non-hydrogen) atoms. The summed E-state index contributed by atoms with van der Waals surface area (Å²) in [6.45, 7) is 6.70. The molecule has 1 N–H and O–H groups in total. The Morgan fingerprint density at radius 1 is 1.16 bits per heavy atom. The molecule has 4 nitrogen and oxygen atoms in total. The molecule has 1 aliphatic rings. The summed E-state index contributed by atoms with van der Waals surface area (Å²) in [5, 5.41) is 5.51. The van der Waals surface area contributed by atoms with Crippen molar-refractivity contribution >= 4 is 40.4 Å². The maximum Gasteiger partial charge on any atom is 0.254 e. The third-order valence-corrected chi connectivity index (χ3v) is 6.76. The van der Waals surface area contributed by atoms with Gasteiger partial charge < -0.3 is 10.2 Å². The lowest BCUT2D eigenvalue weighted by Crippen LogP contribution is -2.47. The Balaban J connectivity index is 1.82. The Morgan fingerprint density at radius 2 is 1.94 bits per heavy atom. The van der Waals surface area contributed by atoms with E-state index >= 15 is 0 Å². The molecule has 4 rings (SSSR count). The normalized spacial score (nSPS) is 18.2. The minimum atomic E-state index is -0.538. The van der Waals surface area contributed by atoms with Crippen molar-refractivity contribution in [2.24, 2.45) is 5.92 Å². The lowest BCUT2D eigenvalue weighted by atomic mass is 9.81. The molecular weight excluding hydrogens is 428 g/mol. The van der Waals surface area contributed by atoms with Crippen LogP contribution in [0.3, 0.4) is 0 Å². The summed E-state index contributed by atoms with van der Waals surface area (Å²) in [6, 6.07) is 16.6. The van der Waals surface area contributed by atoms with Gasteiger partial charge in [0.15, 0.2) is 0 Å². The minimum absolute atomic E-state index is 0.0277. The van der Waals surface area contributed by atoms with Crippen LogP contribution >= 0.6 is 22.9 Å². The number of benzene rings is 2. The molecular formula is C25H25ClN2O2S. The Labute approximate surface area is 191 Å². The smallest absolute Gasteiger partial charge is 0.254 e. The fraction of sp³-hybridized carbons (Fsp3) is 0.280. The topological polar surface area (TPSA) is 49.4 Å². The van der Waals surface area contributed by atoms with Crippen molar-refractivity contribution in [1.29, 1.82) is 0 Å². The number of carbonyl (C=O) groups is 2. The van der Waals surface area contributed by atoms with E-state index in [0.717, 1.165) is 16.0 Å². The van der Waals surface area contributed by atoms with Crippen molar-refractivity contribution < 1.29 is 9.59 Å². The van der Waals surface area contributed by atoms with E-state index in [1.165, 1.54) is 0 Å². The molecule has 0 saturated carbocycles. The number of nitrogens with one attached hydrogen (secondary N) is 1. The Kier molecular flexibility index (Phi) is 6.17. The summed E-state index contributed by atoms with van der Waals surface area (Å²) in [5.41, 5.74) is 2.95. The van der Waals surface area contributed by atoms with Crippen molar-refractivity contribution in [3.63, 3.8) is 0 Å². The zero-order valence-electron chi connectivity index (χ0n) is 17.8. The highest BCUT2D eigenvalue weighted by Crippen LogP contribution is 2.45. The molecule has 0 spiro atoms. The maximum atomic E-state index is 13.7. The van der Waals surface area contributed by atoms with E-state index in [4.69, 9.17) is 11.6 Å². The highest BCUT2D eigenvalue weighted by molar-refractivity contribution is 7.10. The molecule has 160 valence electrons. The molecule has 0 unspecified atom stereocenters. The van der Waals surface area contributed by atoms with Gasteiger partial charge >= 0.3 is 0 Å². The number of hydrogen-bond acceptors (Lipinski definition) is 3. The van der Waals surface area contributed by atoms with Gasteiger partial charge in [-0.05, 0) is 53.6 Å². The first-order valence-electron chi connectivity index (χ1n) is 10.4. The standard InChI is InChI=1S/C25H25ClN2O2S/c1-15(2)14-28-23(21-9-6-12-31-21)22(17-7-4-5-8-18(17)25(28)30)24(29)27-20-11-10-16(3)13-19(20)26/h4-13,15,22-23H,14H2,1-3H3,(H,27,29)/t22-,23-/m0/s1. The van der Waals surface area contributed by atoms with Gasteiger partial charge in [-0.1, -0.05) is 55.8 Å². The summed E-state index contributed by atoms with van der Waals surface area (Å²) in [6.07, 6.45) is 0. The number of hydrogen-bond donors (Lipinski definition) is 1. The number of rotatable bonds is 5. The molecule has 2 aromatic carbocycles. The number of amides is 2. The van der Waals surface area contributed by atoms with Crippen LogP contribution in [0.15, 0.2) is 60.0 Å². The predicted molar refractivity (Wildman–Crippen MR) is 127 cm³/mol. The van der Waals surface area contributed by atoms with Crippen LogP contribution in [0, 0.1) is 12.8 Å². The van der Waals surface area contributed by atoms with Crippen molar-refractivity contribution in [2.45, 2.75) is 32.7 Å². The highest BCUT2D eigenvalue weighted by Gasteiger charge is 2.44. The fourth-order valence-electron chi connectivity index (χ4n) is 4.18. The van der Waals surface area contributed by atoms with Crippen molar-refractivity contribution in [2.75, 3.05) is 11.9 Å². The summed E-state index contributed by atoms with van der Waals surface area (Å²) in [5.74, 6) is -0.464. The summed E-state index contributed by atoms with van der Waals surface area (Å²) in [7, 11) is 0. The van der Waals surface area contributed by atoms with Gasteiger partial charge in [0.1, 0.15) is 0 Å². The number of thiophene rings is 1. The molecule has 0 radical (unpaired) electrons. The molecule has 6 heteroatoms.